The van der Waals surface area contributed by atoms with Crippen molar-refractivity contribution >= 4 is 17.1 Å². The summed E-state index contributed by atoms with van der Waals surface area (Å²) in [5, 5.41) is 16.2. The fraction of sp³-hybridized carbons (Fsp3) is 0.250. The molecule has 0 aliphatic carbocycles. The monoisotopic (exact) mass is 297 g/mol. The smallest absolute Gasteiger partial charge is 0.166 e. The van der Waals surface area contributed by atoms with Crippen molar-refractivity contribution in [2.75, 3.05) is 21.6 Å². The Bertz CT molecular complexity index is 689. The molecule has 2 heterocycles. The highest BCUT2D eigenvalue weighted by atomic mass is 16.3. The predicted molar refractivity (Wildman–Crippen MR) is 87.0 cm³/mol. The first-order valence-corrected chi connectivity index (χ1v) is 7.36. The molecule has 0 saturated carbocycles. The molecule has 2 aromatic rings. The van der Waals surface area contributed by atoms with E-state index in [9.17, 15) is 5.11 Å². The van der Waals surface area contributed by atoms with Gasteiger partial charge in [0.2, 0.25) is 0 Å². The molecular weight excluding hydrogens is 278 g/mol. The molecule has 4 N–H and O–H groups in total. The van der Waals surface area contributed by atoms with Gasteiger partial charge < -0.3 is 10.1 Å². The highest BCUT2D eigenvalue weighted by Crippen LogP contribution is 2.37. The number of aliphatic hydroxyl groups is 1. The van der Waals surface area contributed by atoms with E-state index in [2.05, 4.69) is 5.53 Å². The van der Waals surface area contributed by atoms with Crippen LogP contribution in [0.1, 0.15) is 5.56 Å². The molecule has 2 aromatic carbocycles. The number of benzene rings is 2. The number of anilines is 3. The lowest BCUT2D eigenvalue weighted by molar-refractivity contribution is 0.164. The number of nitrogens with one attached hydrogen (secondary N) is 1. The number of aryl methyl sites for hydroxylation is 1. The van der Waals surface area contributed by atoms with Gasteiger partial charge in [0.15, 0.2) is 6.23 Å². The topological polar surface area (TPSA) is 68.0 Å². The van der Waals surface area contributed by atoms with E-state index < -0.39 is 6.23 Å². The van der Waals surface area contributed by atoms with Gasteiger partial charge in [0.05, 0.1) is 23.6 Å². The van der Waals surface area contributed by atoms with Gasteiger partial charge in [0, 0.05) is 0 Å². The van der Waals surface area contributed by atoms with Crippen LogP contribution in [-0.4, -0.2) is 23.9 Å². The van der Waals surface area contributed by atoms with Gasteiger partial charge in [-0.25, -0.2) is 5.84 Å². The van der Waals surface area contributed by atoms with Crippen LogP contribution in [0.5, 0.6) is 0 Å². The number of hydrogen-bond acceptors (Lipinski definition) is 6. The summed E-state index contributed by atoms with van der Waals surface area (Å²) in [5.74, 6) is 6.12. The Morgan fingerprint density at radius 3 is 2.45 bits per heavy atom. The first-order chi connectivity index (χ1) is 10.6. The van der Waals surface area contributed by atoms with E-state index in [1.165, 1.54) is 5.56 Å². The standard InChI is InChI=1S/C16H19N5O/c1-11-6-8-12(9-7-11)20-16(22)15-10-19(17)13-4-2-3-5-14(13)21(15)18-20/h2-9,15-16,18,22H,10,17H2,1H3. The number of fused-ring (bicyclic) bond motifs is 3. The van der Waals surface area contributed by atoms with Crippen molar-refractivity contribution in [3.8, 4) is 0 Å². The molecule has 0 radical (unpaired) electrons. The summed E-state index contributed by atoms with van der Waals surface area (Å²) in [5.41, 5.74) is 7.32. The molecule has 2 unspecified atom stereocenters. The molecular formula is C16H19N5O. The summed E-state index contributed by atoms with van der Waals surface area (Å²) in [6.45, 7) is 2.59. The summed E-state index contributed by atoms with van der Waals surface area (Å²) in [6.07, 6.45) is -0.679. The number of rotatable bonds is 1. The number of hydrazine groups is 3. The lowest BCUT2D eigenvalue weighted by Gasteiger charge is -2.37. The van der Waals surface area contributed by atoms with Crippen molar-refractivity contribution in [1.82, 2.24) is 5.53 Å². The summed E-state index contributed by atoms with van der Waals surface area (Å²) in [7, 11) is 0. The van der Waals surface area contributed by atoms with E-state index in [-0.39, 0.29) is 6.04 Å². The number of para-hydroxylation sites is 2. The van der Waals surface area contributed by atoms with Gasteiger partial charge in [-0.15, -0.1) is 5.53 Å². The largest absolute Gasteiger partial charge is 0.370 e. The maximum absolute atomic E-state index is 10.7. The second-order valence-corrected chi connectivity index (χ2v) is 5.80. The molecule has 22 heavy (non-hydrogen) atoms. The molecule has 2 aliphatic heterocycles. The van der Waals surface area contributed by atoms with Crippen LogP contribution in [0.4, 0.5) is 17.1 Å². The Hall–Kier alpha value is -2.28. The van der Waals surface area contributed by atoms with E-state index in [4.69, 9.17) is 5.84 Å². The highest BCUT2D eigenvalue weighted by Gasteiger charge is 2.44. The quantitative estimate of drug-likeness (QED) is 0.686. The van der Waals surface area contributed by atoms with Crippen LogP contribution in [0.15, 0.2) is 48.5 Å². The number of hydrogen-bond donors (Lipinski definition) is 3. The van der Waals surface area contributed by atoms with Crippen LogP contribution in [0.25, 0.3) is 0 Å². The zero-order valence-electron chi connectivity index (χ0n) is 12.3. The molecule has 0 amide bonds. The highest BCUT2D eigenvalue weighted by molar-refractivity contribution is 5.74. The molecule has 1 fully saturated rings. The van der Waals surface area contributed by atoms with Crippen molar-refractivity contribution < 1.29 is 5.11 Å². The average molecular weight is 297 g/mol. The van der Waals surface area contributed by atoms with Gasteiger partial charge in [0.1, 0.15) is 6.04 Å². The summed E-state index contributed by atoms with van der Waals surface area (Å²) < 4.78 is 0. The molecule has 0 bridgehead atoms. The third-order valence-corrected chi connectivity index (χ3v) is 4.30. The molecule has 2 atom stereocenters. The van der Waals surface area contributed by atoms with Crippen molar-refractivity contribution in [2.45, 2.75) is 19.2 Å². The molecule has 6 nitrogen and oxygen atoms in total. The van der Waals surface area contributed by atoms with Gasteiger partial charge in [-0.2, -0.15) is 0 Å². The lowest BCUT2D eigenvalue weighted by Crippen LogP contribution is -2.53. The van der Waals surface area contributed by atoms with Gasteiger partial charge in [0.25, 0.3) is 0 Å². The fourth-order valence-electron chi connectivity index (χ4n) is 3.09. The van der Waals surface area contributed by atoms with Crippen LogP contribution in [0.3, 0.4) is 0 Å². The van der Waals surface area contributed by atoms with Crippen LogP contribution < -0.4 is 26.4 Å². The minimum absolute atomic E-state index is 0.138. The van der Waals surface area contributed by atoms with Crippen LogP contribution in [0.2, 0.25) is 0 Å². The minimum Gasteiger partial charge on any atom is -0.370 e. The van der Waals surface area contributed by atoms with Gasteiger partial charge in [-0.3, -0.25) is 10.0 Å². The molecule has 0 spiro atoms. The minimum atomic E-state index is -0.679. The van der Waals surface area contributed by atoms with Gasteiger partial charge in [-0.1, -0.05) is 29.8 Å². The third-order valence-electron chi connectivity index (χ3n) is 4.30. The molecule has 1 saturated heterocycles. The maximum atomic E-state index is 10.7. The Morgan fingerprint density at radius 2 is 1.73 bits per heavy atom. The van der Waals surface area contributed by atoms with Crippen LogP contribution in [0, 0.1) is 6.92 Å². The van der Waals surface area contributed by atoms with Crippen LogP contribution in [-0.2, 0) is 0 Å². The molecule has 4 rings (SSSR count). The van der Waals surface area contributed by atoms with Gasteiger partial charge in [-0.05, 0) is 31.2 Å². The number of nitrogens with two attached hydrogens (primary N) is 1. The summed E-state index contributed by atoms with van der Waals surface area (Å²) in [4.78, 5) is 0. The van der Waals surface area contributed by atoms with E-state index in [1.54, 1.807) is 10.0 Å². The molecule has 2 aliphatic rings. The Morgan fingerprint density at radius 1 is 1.05 bits per heavy atom. The maximum Gasteiger partial charge on any atom is 0.166 e. The Kier molecular flexibility index (Phi) is 2.97. The number of aliphatic hydroxyl groups excluding tert-OH is 1. The van der Waals surface area contributed by atoms with Gasteiger partial charge >= 0.3 is 0 Å². The zero-order valence-corrected chi connectivity index (χ0v) is 12.3. The number of nitrogens with zero attached hydrogens (tertiary/aromatic N) is 3. The Labute approximate surface area is 129 Å². The van der Waals surface area contributed by atoms with Crippen molar-refractivity contribution in [3.63, 3.8) is 0 Å². The van der Waals surface area contributed by atoms with E-state index in [0.717, 1.165) is 17.1 Å². The lowest BCUT2D eigenvalue weighted by atomic mass is 10.1. The second kappa shape index (κ2) is 4.88. The summed E-state index contributed by atoms with van der Waals surface area (Å²) in [6, 6.07) is 15.8. The van der Waals surface area contributed by atoms with Crippen molar-refractivity contribution in [3.05, 3.63) is 54.1 Å². The first kappa shape index (κ1) is 13.4. The SMILES string of the molecule is Cc1ccc(N2NN3c4ccccc4N(N)CC3C2O)cc1. The molecule has 0 aromatic heterocycles. The average Bonchev–Trinajstić information content (AvgIpc) is 2.86. The molecule has 6 heteroatoms. The first-order valence-electron chi connectivity index (χ1n) is 7.36. The second-order valence-electron chi connectivity index (χ2n) is 5.80. The van der Waals surface area contributed by atoms with E-state index >= 15 is 0 Å². The third kappa shape index (κ3) is 1.93. The van der Waals surface area contributed by atoms with E-state index in [1.807, 2.05) is 60.5 Å². The van der Waals surface area contributed by atoms with Crippen LogP contribution >= 0.6 is 0 Å². The van der Waals surface area contributed by atoms with E-state index in [0.29, 0.717) is 6.54 Å². The summed E-state index contributed by atoms with van der Waals surface area (Å²) >= 11 is 0. The normalized spacial score (nSPS) is 23.5. The fourth-order valence-corrected chi connectivity index (χ4v) is 3.09. The molecule has 114 valence electrons. The predicted octanol–water partition coefficient (Wildman–Crippen LogP) is 1.12. The zero-order chi connectivity index (χ0) is 15.3. The Balaban J connectivity index is 1.71. The van der Waals surface area contributed by atoms with Crippen molar-refractivity contribution in [2.24, 2.45) is 5.84 Å². The van der Waals surface area contributed by atoms with Crippen molar-refractivity contribution in [1.29, 1.82) is 0 Å².